The third-order valence-corrected chi connectivity index (χ3v) is 5.33. The molecule has 2 aromatic rings. The van der Waals surface area contributed by atoms with Crippen LogP contribution in [0.3, 0.4) is 0 Å². The van der Waals surface area contributed by atoms with Crippen molar-refractivity contribution in [3.05, 3.63) is 65.0 Å². The van der Waals surface area contributed by atoms with Crippen LogP contribution in [-0.4, -0.2) is 67.0 Å². The van der Waals surface area contributed by atoms with Crippen molar-refractivity contribution in [3.8, 4) is 11.5 Å². The summed E-state index contributed by atoms with van der Waals surface area (Å²) in [6.07, 6.45) is 0. The lowest BCUT2D eigenvalue weighted by Gasteiger charge is -2.26. The molecule has 0 aromatic heterocycles. The number of hydrogen-bond donors (Lipinski definition) is 1. The van der Waals surface area contributed by atoms with E-state index in [-0.39, 0.29) is 17.9 Å². The topological polar surface area (TPSA) is 79.3 Å². The zero-order valence-electron chi connectivity index (χ0n) is 17.3. The van der Waals surface area contributed by atoms with Gasteiger partial charge in [0.1, 0.15) is 24.8 Å². The predicted octanol–water partition coefficient (Wildman–Crippen LogP) is 2.58. The molecule has 0 spiro atoms. The average molecular weight is 426 g/mol. The number of ether oxygens (including phenoxy) is 2. The first kappa shape index (κ1) is 20.9. The highest BCUT2D eigenvalue weighted by Gasteiger charge is 2.46. The Bertz CT molecular complexity index is 1050. The summed E-state index contributed by atoms with van der Waals surface area (Å²) >= 11 is 0. The fourth-order valence-corrected chi connectivity index (χ4v) is 3.76. The van der Waals surface area contributed by atoms with Crippen molar-refractivity contribution in [2.75, 3.05) is 40.4 Å². The van der Waals surface area contributed by atoms with Gasteiger partial charge in [-0.25, -0.2) is 4.39 Å². The van der Waals surface area contributed by atoms with E-state index in [0.29, 0.717) is 42.4 Å². The van der Waals surface area contributed by atoms with Gasteiger partial charge in [-0.3, -0.25) is 9.59 Å². The van der Waals surface area contributed by atoms with Gasteiger partial charge in [-0.2, -0.15) is 0 Å². The summed E-state index contributed by atoms with van der Waals surface area (Å²) in [7, 11) is 3.72. The molecule has 0 aliphatic carbocycles. The van der Waals surface area contributed by atoms with Gasteiger partial charge in [0.25, 0.3) is 11.7 Å². The van der Waals surface area contributed by atoms with Gasteiger partial charge in [-0.05, 0) is 50.0 Å². The summed E-state index contributed by atoms with van der Waals surface area (Å²) in [5.74, 6) is -1.21. The number of hydrogen-bond acceptors (Lipinski definition) is 6. The lowest BCUT2D eigenvalue weighted by atomic mass is 9.95. The third-order valence-electron chi connectivity index (χ3n) is 5.33. The van der Waals surface area contributed by atoms with Crippen LogP contribution in [-0.2, 0) is 9.59 Å². The minimum Gasteiger partial charge on any atom is -0.507 e. The van der Waals surface area contributed by atoms with E-state index in [4.69, 9.17) is 9.47 Å². The van der Waals surface area contributed by atoms with E-state index >= 15 is 0 Å². The van der Waals surface area contributed by atoms with E-state index in [0.717, 1.165) is 0 Å². The van der Waals surface area contributed by atoms with Gasteiger partial charge in [0.15, 0.2) is 11.5 Å². The van der Waals surface area contributed by atoms with Gasteiger partial charge in [-0.1, -0.05) is 12.1 Å². The van der Waals surface area contributed by atoms with Crippen LogP contribution in [0.25, 0.3) is 5.76 Å². The summed E-state index contributed by atoms with van der Waals surface area (Å²) < 4.78 is 24.6. The number of carbonyl (C=O) groups excluding carboxylic acids is 2. The number of Topliss-reactive ketones (excluding diaryl/α,β-unsaturated/α-hetero) is 1. The number of benzene rings is 2. The number of likely N-dealkylation sites (N-methyl/N-ethyl adjacent to an activating group) is 1. The van der Waals surface area contributed by atoms with Crippen molar-refractivity contribution in [3.63, 3.8) is 0 Å². The summed E-state index contributed by atoms with van der Waals surface area (Å²) in [5.41, 5.74) is 0.840. The molecule has 1 saturated heterocycles. The first-order valence-electron chi connectivity index (χ1n) is 9.95. The Balaban J connectivity index is 1.81. The molecule has 4 rings (SSSR count). The maximum atomic E-state index is 13.5. The minimum atomic E-state index is -0.825. The fourth-order valence-electron chi connectivity index (χ4n) is 3.76. The molecule has 0 saturated carbocycles. The lowest BCUT2D eigenvalue weighted by Crippen LogP contribution is -2.35. The maximum absolute atomic E-state index is 13.5. The Labute approximate surface area is 179 Å². The second-order valence-corrected chi connectivity index (χ2v) is 7.71. The summed E-state index contributed by atoms with van der Waals surface area (Å²) in [4.78, 5) is 29.1. The van der Waals surface area contributed by atoms with E-state index in [2.05, 4.69) is 0 Å². The number of aliphatic hydroxyl groups is 1. The zero-order valence-corrected chi connectivity index (χ0v) is 17.3. The number of aliphatic hydroxyl groups excluding tert-OH is 1. The Kier molecular flexibility index (Phi) is 5.65. The van der Waals surface area contributed by atoms with Crippen LogP contribution in [0.5, 0.6) is 11.5 Å². The van der Waals surface area contributed by atoms with Gasteiger partial charge in [0.2, 0.25) is 0 Å². The predicted molar refractivity (Wildman–Crippen MR) is 111 cm³/mol. The van der Waals surface area contributed by atoms with Gasteiger partial charge in [0, 0.05) is 18.7 Å². The van der Waals surface area contributed by atoms with Crippen molar-refractivity contribution in [2.45, 2.75) is 6.04 Å². The second kappa shape index (κ2) is 8.39. The Morgan fingerprint density at radius 1 is 1.10 bits per heavy atom. The maximum Gasteiger partial charge on any atom is 0.295 e. The van der Waals surface area contributed by atoms with Crippen LogP contribution in [0.15, 0.2) is 48.0 Å². The molecule has 8 heteroatoms. The SMILES string of the molecule is CN(C)CCN1C(=O)C(=O)C(=C(O)c2ccc3c(c2)OCCO3)[C@H]1c1ccc(F)cc1. The highest BCUT2D eigenvalue weighted by Crippen LogP contribution is 2.41. The fraction of sp³-hybridized carbons (Fsp3) is 0.304. The average Bonchev–Trinajstić information content (AvgIpc) is 3.02. The number of halogens is 1. The molecule has 1 fully saturated rings. The third kappa shape index (κ3) is 3.98. The second-order valence-electron chi connectivity index (χ2n) is 7.71. The van der Waals surface area contributed by atoms with Crippen LogP contribution in [0.2, 0.25) is 0 Å². The van der Waals surface area contributed by atoms with Crippen LogP contribution in [0.4, 0.5) is 4.39 Å². The van der Waals surface area contributed by atoms with Gasteiger partial charge in [-0.15, -0.1) is 0 Å². The molecule has 162 valence electrons. The van der Waals surface area contributed by atoms with Crippen molar-refractivity contribution in [2.24, 2.45) is 0 Å². The Hall–Kier alpha value is -3.39. The summed E-state index contributed by atoms with van der Waals surface area (Å²) in [6.45, 7) is 1.61. The molecule has 0 bridgehead atoms. The summed E-state index contributed by atoms with van der Waals surface area (Å²) in [5, 5.41) is 11.1. The highest BCUT2D eigenvalue weighted by atomic mass is 19.1. The number of ketones is 1. The molecule has 0 unspecified atom stereocenters. The number of nitrogens with zero attached hydrogens (tertiary/aromatic N) is 2. The minimum absolute atomic E-state index is 0.0351. The number of amides is 1. The quantitative estimate of drug-likeness (QED) is 0.450. The molecule has 31 heavy (non-hydrogen) atoms. The van der Waals surface area contributed by atoms with E-state index < -0.39 is 23.5 Å². The van der Waals surface area contributed by atoms with Crippen LogP contribution in [0.1, 0.15) is 17.2 Å². The number of rotatable bonds is 5. The molecular formula is C23H23FN2O5. The highest BCUT2D eigenvalue weighted by molar-refractivity contribution is 6.46. The van der Waals surface area contributed by atoms with Crippen LogP contribution in [0, 0.1) is 5.82 Å². The molecule has 2 heterocycles. The normalized spacial score (nSPS) is 19.9. The first-order valence-corrected chi connectivity index (χ1v) is 9.95. The molecule has 2 aliphatic heterocycles. The Morgan fingerprint density at radius 2 is 1.77 bits per heavy atom. The van der Waals surface area contributed by atoms with E-state index in [1.807, 2.05) is 19.0 Å². The van der Waals surface area contributed by atoms with E-state index in [9.17, 15) is 19.1 Å². The van der Waals surface area contributed by atoms with E-state index in [1.54, 1.807) is 18.2 Å². The molecule has 1 N–H and O–H groups in total. The molecule has 1 amide bonds. The van der Waals surface area contributed by atoms with Crippen molar-refractivity contribution >= 4 is 17.4 Å². The van der Waals surface area contributed by atoms with Crippen LogP contribution < -0.4 is 9.47 Å². The number of fused-ring (bicyclic) bond motifs is 1. The largest absolute Gasteiger partial charge is 0.507 e. The Morgan fingerprint density at radius 3 is 2.45 bits per heavy atom. The monoisotopic (exact) mass is 426 g/mol. The zero-order chi connectivity index (χ0) is 22.1. The van der Waals surface area contributed by atoms with Gasteiger partial charge in [0.05, 0.1) is 11.6 Å². The molecule has 1 atom stereocenters. The molecule has 0 radical (unpaired) electrons. The number of carbonyl (C=O) groups is 2. The lowest BCUT2D eigenvalue weighted by molar-refractivity contribution is -0.140. The first-order chi connectivity index (χ1) is 14.9. The molecule has 2 aromatic carbocycles. The van der Waals surface area contributed by atoms with E-state index in [1.165, 1.54) is 29.2 Å². The van der Waals surface area contributed by atoms with Crippen LogP contribution >= 0.6 is 0 Å². The number of likely N-dealkylation sites (tertiary alicyclic amines) is 1. The smallest absolute Gasteiger partial charge is 0.295 e. The summed E-state index contributed by atoms with van der Waals surface area (Å²) in [6, 6.07) is 9.59. The van der Waals surface area contributed by atoms with Crippen molar-refractivity contribution in [1.82, 2.24) is 9.80 Å². The van der Waals surface area contributed by atoms with Crippen molar-refractivity contribution < 1.29 is 28.6 Å². The molecule has 2 aliphatic rings. The van der Waals surface area contributed by atoms with Gasteiger partial charge < -0.3 is 24.4 Å². The van der Waals surface area contributed by atoms with Gasteiger partial charge >= 0.3 is 0 Å². The molecular weight excluding hydrogens is 403 g/mol. The molecule has 7 nitrogen and oxygen atoms in total. The standard InChI is InChI=1S/C23H23FN2O5/c1-25(2)9-10-26-20(14-3-6-16(24)7-4-14)19(22(28)23(26)29)21(27)15-5-8-17-18(13-15)31-12-11-30-17/h3-8,13,20,27H,9-12H2,1-2H3/t20-/m1/s1. The van der Waals surface area contributed by atoms with Crippen molar-refractivity contribution in [1.29, 1.82) is 0 Å².